The van der Waals surface area contributed by atoms with Crippen molar-refractivity contribution < 1.29 is 14.2 Å². The van der Waals surface area contributed by atoms with Crippen molar-refractivity contribution in [3.63, 3.8) is 0 Å². The van der Waals surface area contributed by atoms with Gasteiger partial charge in [0.2, 0.25) is 0 Å². The Balaban J connectivity index is 1.88. The lowest BCUT2D eigenvalue weighted by atomic mass is 10.2. The maximum absolute atomic E-state index is 8.48. The highest BCUT2D eigenvalue weighted by Crippen LogP contribution is 2.29. The summed E-state index contributed by atoms with van der Waals surface area (Å²) in [6.45, 7) is 0.0189. The van der Waals surface area contributed by atoms with Gasteiger partial charge in [-0.15, -0.1) is 0 Å². The van der Waals surface area contributed by atoms with E-state index < -0.39 is 0 Å². The van der Waals surface area contributed by atoms with Gasteiger partial charge in [0.25, 0.3) is 0 Å². The first-order chi connectivity index (χ1) is 12.7. The predicted molar refractivity (Wildman–Crippen MR) is 104 cm³/mol. The zero-order valence-corrected chi connectivity index (χ0v) is 15.2. The molecule has 0 atom stereocenters. The van der Waals surface area contributed by atoms with Gasteiger partial charge in [-0.2, -0.15) is 10.4 Å². The first-order valence-electron chi connectivity index (χ1n) is 7.58. The Morgan fingerprint density at radius 3 is 2.54 bits per heavy atom. The molecule has 0 aliphatic carbocycles. The third-order valence-corrected chi connectivity index (χ3v) is 3.40. The van der Waals surface area contributed by atoms with Gasteiger partial charge in [0, 0.05) is 11.8 Å². The zero-order valence-electron chi connectivity index (χ0n) is 14.4. The van der Waals surface area contributed by atoms with E-state index in [-0.39, 0.29) is 6.61 Å². The molecule has 0 saturated heterocycles. The van der Waals surface area contributed by atoms with E-state index >= 15 is 0 Å². The van der Waals surface area contributed by atoms with Crippen LogP contribution in [0.5, 0.6) is 17.2 Å². The number of ether oxygens (including phenoxy) is 3. The summed E-state index contributed by atoms with van der Waals surface area (Å²) in [5.41, 5.74) is 4.34. The van der Waals surface area contributed by atoms with E-state index in [1.165, 1.54) is 0 Å². The Labute approximate surface area is 157 Å². The normalized spacial score (nSPS) is 10.0. The number of hydrazone groups is 1. The van der Waals surface area contributed by atoms with E-state index in [1.54, 1.807) is 44.7 Å². The van der Waals surface area contributed by atoms with Crippen molar-refractivity contribution >= 4 is 29.2 Å². The van der Waals surface area contributed by atoms with Gasteiger partial charge in [0.05, 0.1) is 20.4 Å². The minimum atomic E-state index is 0.0189. The number of benzene rings is 2. The zero-order chi connectivity index (χ0) is 18.8. The van der Waals surface area contributed by atoms with Crippen LogP contribution in [0.1, 0.15) is 5.56 Å². The number of methoxy groups -OCH3 is 2. The van der Waals surface area contributed by atoms with Gasteiger partial charge in [-0.3, -0.25) is 5.43 Å². The molecule has 0 aliphatic heterocycles. The van der Waals surface area contributed by atoms with E-state index in [9.17, 15) is 0 Å². The lowest BCUT2D eigenvalue weighted by Gasteiger charge is -2.11. The monoisotopic (exact) mass is 370 g/mol. The molecule has 0 heterocycles. The molecular weight excluding hydrogens is 352 g/mol. The number of hydrogen-bond donors (Lipinski definition) is 2. The fourth-order valence-corrected chi connectivity index (χ4v) is 2.17. The van der Waals surface area contributed by atoms with Gasteiger partial charge < -0.3 is 19.5 Å². The van der Waals surface area contributed by atoms with Crippen LogP contribution in [0.25, 0.3) is 0 Å². The molecule has 0 aromatic heterocycles. The summed E-state index contributed by atoms with van der Waals surface area (Å²) >= 11 is 5.20. The van der Waals surface area contributed by atoms with Crippen LogP contribution < -0.4 is 25.0 Å². The quantitative estimate of drug-likeness (QED) is 0.440. The van der Waals surface area contributed by atoms with Crippen LogP contribution in [0.2, 0.25) is 0 Å². The van der Waals surface area contributed by atoms with E-state index in [4.69, 9.17) is 31.7 Å². The minimum absolute atomic E-state index is 0.0189. The topological polar surface area (TPSA) is 87.9 Å². The van der Waals surface area contributed by atoms with Crippen molar-refractivity contribution in [1.82, 2.24) is 5.43 Å². The molecular formula is C18H18N4O3S. The number of hydrogen-bond acceptors (Lipinski definition) is 6. The number of nitrogens with zero attached hydrogens (tertiary/aromatic N) is 2. The summed E-state index contributed by atoms with van der Waals surface area (Å²) in [7, 11) is 3.15. The summed E-state index contributed by atoms with van der Waals surface area (Å²) in [6, 6.07) is 14.5. The summed E-state index contributed by atoms with van der Waals surface area (Å²) in [6.07, 6.45) is 1.62. The third kappa shape index (κ3) is 5.65. The number of nitriles is 1. The van der Waals surface area contributed by atoms with Crippen LogP contribution in [0.3, 0.4) is 0 Å². The molecule has 0 amide bonds. The molecule has 0 unspecified atom stereocenters. The second-order valence-electron chi connectivity index (χ2n) is 4.91. The second-order valence-corrected chi connectivity index (χ2v) is 5.32. The van der Waals surface area contributed by atoms with Crippen LogP contribution in [-0.2, 0) is 0 Å². The van der Waals surface area contributed by atoms with Gasteiger partial charge >= 0.3 is 0 Å². The highest BCUT2D eigenvalue weighted by molar-refractivity contribution is 7.80. The van der Waals surface area contributed by atoms with Crippen LogP contribution >= 0.6 is 12.2 Å². The lowest BCUT2D eigenvalue weighted by Crippen LogP contribution is -2.23. The Bertz CT molecular complexity index is 816. The van der Waals surface area contributed by atoms with Gasteiger partial charge in [0.15, 0.2) is 23.2 Å². The second kappa shape index (κ2) is 9.86. The fraction of sp³-hybridized carbons (Fsp3) is 0.167. The molecule has 2 aromatic rings. The van der Waals surface area contributed by atoms with Crippen molar-refractivity contribution in [2.45, 2.75) is 0 Å². The van der Waals surface area contributed by atoms with Crippen molar-refractivity contribution in [3.05, 3.63) is 48.0 Å². The first kappa shape index (κ1) is 19.0. The molecule has 26 heavy (non-hydrogen) atoms. The molecule has 0 fully saturated rings. The van der Waals surface area contributed by atoms with Crippen LogP contribution in [0.15, 0.2) is 47.6 Å². The lowest BCUT2D eigenvalue weighted by molar-refractivity contribution is 0.355. The van der Waals surface area contributed by atoms with Gasteiger partial charge in [-0.25, -0.2) is 0 Å². The van der Waals surface area contributed by atoms with Crippen molar-refractivity contribution in [2.24, 2.45) is 5.10 Å². The molecule has 0 spiro atoms. The van der Waals surface area contributed by atoms with E-state index in [2.05, 4.69) is 15.8 Å². The number of thiocarbonyl (C=S) groups is 1. The largest absolute Gasteiger partial charge is 0.493 e. The highest BCUT2D eigenvalue weighted by atomic mass is 32.1. The van der Waals surface area contributed by atoms with E-state index in [1.807, 2.05) is 24.3 Å². The molecule has 7 nitrogen and oxygen atoms in total. The maximum Gasteiger partial charge on any atom is 0.191 e. The van der Waals surface area contributed by atoms with Crippen molar-refractivity contribution in [3.8, 4) is 23.3 Å². The molecule has 134 valence electrons. The Kier molecular flexibility index (Phi) is 7.21. The fourth-order valence-electron chi connectivity index (χ4n) is 2.00. The molecule has 0 bridgehead atoms. The third-order valence-electron chi connectivity index (χ3n) is 3.20. The van der Waals surface area contributed by atoms with E-state index in [0.29, 0.717) is 22.4 Å². The number of rotatable bonds is 7. The smallest absolute Gasteiger partial charge is 0.191 e. The summed E-state index contributed by atoms with van der Waals surface area (Å²) in [5.74, 6) is 1.86. The SMILES string of the molecule is COc1ccc(NC(=S)N/N=C\c2ccc(OCC#N)cc2)cc1OC. The average molecular weight is 370 g/mol. The van der Waals surface area contributed by atoms with Gasteiger partial charge in [0.1, 0.15) is 11.8 Å². The van der Waals surface area contributed by atoms with Crippen LogP contribution in [0.4, 0.5) is 5.69 Å². The summed E-state index contributed by atoms with van der Waals surface area (Å²) < 4.78 is 15.6. The highest BCUT2D eigenvalue weighted by Gasteiger charge is 2.05. The molecule has 0 radical (unpaired) electrons. The predicted octanol–water partition coefficient (Wildman–Crippen LogP) is 2.93. The van der Waals surface area contributed by atoms with Crippen LogP contribution in [-0.4, -0.2) is 32.2 Å². The summed E-state index contributed by atoms with van der Waals surface area (Å²) in [5, 5.41) is 15.9. The molecule has 2 rings (SSSR count). The molecule has 0 aliphatic rings. The Morgan fingerprint density at radius 1 is 1.15 bits per heavy atom. The Hall–Kier alpha value is -3.31. The first-order valence-corrected chi connectivity index (χ1v) is 7.99. The van der Waals surface area contributed by atoms with Gasteiger partial charge in [-0.05, 0) is 54.2 Å². The minimum Gasteiger partial charge on any atom is -0.493 e. The summed E-state index contributed by atoms with van der Waals surface area (Å²) in [4.78, 5) is 0. The van der Waals surface area contributed by atoms with Crippen molar-refractivity contribution in [2.75, 3.05) is 26.1 Å². The molecule has 2 N–H and O–H groups in total. The van der Waals surface area contributed by atoms with E-state index in [0.717, 1.165) is 11.3 Å². The molecule has 2 aromatic carbocycles. The standard InChI is InChI=1S/C18H18N4O3S/c1-23-16-8-5-14(11-17(16)24-2)21-18(26)22-20-12-13-3-6-15(7-4-13)25-10-9-19/h3-8,11-12H,10H2,1-2H3,(H2,21,22,26)/b20-12-. The van der Waals surface area contributed by atoms with Gasteiger partial charge in [-0.1, -0.05) is 0 Å². The molecule has 0 saturated carbocycles. The van der Waals surface area contributed by atoms with Crippen LogP contribution in [0, 0.1) is 11.3 Å². The van der Waals surface area contributed by atoms with Crippen molar-refractivity contribution in [1.29, 1.82) is 5.26 Å². The Morgan fingerprint density at radius 2 is 1.88 bits per heavy atom. The number of nitrogens with one attached hydrogen (secondary N) is 2. The number of anilines is 1. The average Bonchev–Trinajstić information content (AvgIpc) is 2.67. The maximum atomic E-state index is 8.48. The molecule has 8 heteroatoms.